The third kappa shape index (κ3) is 7.58. The molecule has 144 valence electrons. The number of nitrogens with one attached hydrogen (secondary N) is 1. The van der Waals surface area contributed by atoms with E-state index in [1.54, 1.807) is 11.7 Å². The molecule has 0 aliphatic heterocycles. The lowest BCUT2D eigenvalue weighted by atomic mass is 10.2. The maximum absolute atomic E-state index is 11.5. The molecular formula is C14H28N6O5. The van der Waals surface area contributed by atoms with Crippen molar-refractivity contribution in [3.63, 3.8) is 0 Å². The van der Waals surface area contributed by atoms with Crippen molar-refractivity contribution in [3.8, 4) is 0 Å². The maximum atomic E-state index is 11.5. The van der Waals surface area contributed by atoms with Crippen molar-refractivity contribution < 1.29 is 19.7 Å². The number of rotatable bonds is 7. The zero-order valence-electron chi connectivity index (χ0n) is 14.8. The van der Waals surface area contributed by atoms with Gasteiger partial charge in [-0.05, 0) is 13.5 Å². The summed E-state index contributed by atoms with van der Waals surface area (Å²) in [5, 5.41) is 17.0. The van der Waals surface area contributed by atoms with Gasteiger partial charge in [-0.2, -0.15) is 4.98 Å². The Labute approximate surface area is 145 Å². The van der Waals surface area contributed by atoms with Gasteiger partial charge in [0.2, 0.25) is 5.95 Å². The first kappa shape index (κ1) is 22.9. The zero-order valence-corrected chi connectivity index (χ0v) is 14.8. The van der Waals surface area contributed by atoms with Gasteiger partial charge in [-0.15, -0.1) is 0 Å². The number of aliphatic hydroxyl groups excluding tert-OH is 2. The fourth-order valence-corrected chi connectivity index (χ4v) is 1.79. The van der Waals surface area contributed by atoms with Crippen molar-refractivity contribution in [1.82, 2.24) is 19.5 Å². The highest BCUT2D eigenvalue weighted by molar-refractivity contribution is 5.70. The summed E-state index contributed by atoms with van der Waals surface area (Å²) in [7, 11) is 4.59. The number of H-pyrrole nitrogens is 1. The predicted molar refractivity (Wildman–Crippen MR) is 94.1 cm³/mol. The highest BCUT2D eigenvalue weighted by Crippen LogP contribution is 2.08. The molecule has 0 saturated carbocycles. The smallest absolute Gasteiger partial charge is 0.280 e. The van der Waals surface area contributed by atoms with Gasteiger partial charge in [-0.1, -0.05) is 0 Å². The van der Waals surface area contributed by atoms with Crippen LogP contribution < -0.4 is 17.0 Å². The lowest BCUT2D eigenvalue weighted by Gasteiger charge is -2.12. The number of nitrogens with two attached hydrogens (primary N) is 2. The van der Waals surface area contributed by atoms with E-state index >= 15 is 0 Å². The Bertz CT molecular complexity index is 638. The SMILES string of the molecule is CN.COC(CO)CCn1cnc2c(=O)[nH]c(N)nc21.COCCO. The Balaban J connectivity index is 0.000000710. The second-order valence-corrected chi connectivity index (χ2v) is 4.61. The van der Waals surface area contributed by atoms with Crippen LogP contribution in [0.3, 0.4) is 0 Å². The minimum Gasteiger partial charge on any atom is -0.394 e. The average Bonchev–Trinajstić information content (AvgIpc) is 3.02. The number of aromatic amines is 1. The van der Waals surface area contributed by atoms with Gasteiger partial charge in [-0.3, -0.25) is 9.78 Å². The first-order chi connectivity index (χ1) is 12.1. The zero-order chi connectivity index (χ0) is 19.2. The third-order valence-corrected chi connectivity index (χ3v) is 3.02. The molecule has 0 aliphatic carbocycles. The fraction of sp³-hybridized carbons (Fsp3) is 0.643. The van der Waals surface area contributed by atoms with Crippen molar-refractivity contribution in [1.29, 1.82) is 0 Å². The van der Waals surface area contributed by atoms with Gasteiger partial charge in [-0.25, -0.2) is 4.98 Å². The first-order valence-corrected chi connectivity index (χ1v) is 7.59. The van der Waals surface area contributed by atoms with E-state index in [9.17, 15) is 4.79 Å². The second kappa shape index (κ2) is 13.3. The molecule has 7 N–H and O–H groups in total. The minimum atomic E-state index is -0.360. The van der Waals surface area contributed by atoms with Crippen LogP contribution in [0, 0.1) is 0 Å². The molecule has 11 heteroatoms. The summed E-state index contributed by atoms with van der Waals surface area (Å²) in [5.74, 6) is 0.0553. The topological polar surface area (TPSA) is 175 Å². The van der Waals surface area contributed by atoms with Gasteiger partial charge >= 0.3 is 0 Å². The maximum Gasteiger partial charge on any atom is 0.280 e. The van der Waals surface area contributed by atoms with Crippen LogP contribution in [0.4, 0.5) is 5.95 Å². The number of hydrogen-bond donors (Lipinski definition) is 5. The molecule has 2 rings (SSSR count). The summed E-state index contributed by atoms with van der Waals surface area (Å²) in [4.78, 5) is 22.0. The molecular weight excluding hydrogens is 332 g/mol. The first-order valence-electron chi connectivity index (χ1n) is 7.59. The Kier molecular flexibility index (Phi) is 12.2. The number of ether oxygens (including phenoxy) is 2. The van der Waals surface area contributed by atoms with Crippen molar-refractivity contribution in [2.75, 3.05) is 46.8 Å². The number of aliphatic hydroxyl groups is 2. The summed E-state index contributed by atoms with van der Waals surface area (Å²) in [6.45, 7) is 1.04. The number of anilines is 1. The summed E-state index contributed by atoms with van der Waals surface area (Å²) >= 11 is 0. The normalized spacial score (nSPS) is 11.3. The fourth-order valence-electron chi connectivity index (χ4n) is 1.79. The number of nitrogens with zero attached hydrogens (tertiary/aromatic N) is 3. The highest BCUT2D eigenvalue weighted by atomic mass is 16.5. The Morgan fingerprint density at radius 2 is 2.04 bits per heavy atom. The lowest BCUT2D eigenvalue weighted by molar-refractivity contribution is 0.0405. The van der Waals surface area contributed by atoms with E-state index in [1.807, 2.05) is 0 Å². The lowest BCUT2D eigenvalue weighted by Crippen LogP contribution is -2.18. The molecule has 0 fully saturated rings. The molecule has 0 aliphatic rings. The second-order valence-electron chi connectivity index (χ2n) is 4.61. The van der Waals surface area contributed by atoms with Crippen molar-refractivity contribution in [2.45, 2.75) is 19.1 Å². The van der Waals surface area contributed by atoms with Crippen LogP contribution >= 0.6 is 0 Å². The number of aryl methyl sites for hydroxylation is 1. The minimum absolute atomic E-state index is 0.0553. The van der Waals surface area contributed by atoms with Crippen LogP contribution in [0.25, 0.3) is 11.2 Å². The van der Waals surface area contributed by atoms with E-state index in [2.05, 4.69) is 25.4 Å². The van der Waals surface area contributed by atoms with Gasteiger partial charge in [0.15, 0.2) is 11.2 Å². The number of nitrogen functional groups attached to an aromatic ring is 1. The molecule has 0 bridgehead atoms. The van der Waals surface area contributed by atoms with Crippen molar-refractivity contribution in [2.24, 2.45) is 5.73 Å². The van der Waals surface area contributed by atoms with Crippen LogP contribution in [0.15, 0.2) is 11.1 Å². The Morgan fingerprint density at radius 3 is 2.52 bits per heavy atom. The molecule has 0 radical (unpaired) electrons. The molecule has 25 heavy (non-hydrogen) atoms. The summed E-state index contributed by atoms with van der Waals surface area (Å²) in [6, 6.07) is 0. The van der Waals surface area contributed by atoms with E-state index in [0.717, 1.165) is 0 Å². The van der Waals surface area contributed by atoms with E-state index in [-0.39, 0.29) is 36.3 Å². The Hall–Kier alpha value is -2.05. The van der Waals surface area contributed by atoms with Crippen LogP contribution in [-0.2, 0) is 16.0 Å². The molecule has 0 aromatic carbocycles. The third-order valence-electron chi connectivity index (χ3n) is 3.02. The van der Waals surface area contributed by atoms with Gasteiger partial charge in [0.1, 0.15) is 0 Å². The molecule has 0 amide bonds. The summed E-state index contributed by atoms with van der Waals surface area (Å²) in [6.07, 6.45) is 1.87. The van der Waals surface area contributed by atoms with E-state index in [1.165, 1.54) is 20.5 Å². The molecule has 1 atom stereocenters. The standard InChI is InChI=1S/C10H15N5O3.C3H8O2.CH5N/c1-18-6(4-16)2-3-15-5-12-7-8(15)13-10(11)14-9(7)17;1-5-3-2-4;1-2/h5-6,16H,2-4H2,1H3,(H3,11,13,14,17);4H,2-3H2,1H3;2H2,1H3. The van der Waals surface area contributed by atoms with Crippen molar-refractivity contribution >= 4 is 17.1 Å². The molecule has 2 aromatic heterocycles. The predicted octanol–water partition coefficient (Wildman–Crippen LogP) is -1.70. The number of fused-ring (bicyclic) bond motifs is 1. The summed E-state index contributed by atoms with van der Waals surface area (Å²) in [5.41, 5.74) is 10.3. The summed E-state index contributed by atoms with van der Waals surface area (Å²) < 4.78 is 11.2. The Morgan fingerprint density at radius 1 is 1.36 bits per heavy atom. The highest BCUT2D eigenvalue weighted by Gasteiger charge is 2.11. The van der Waals surface area contributed by atoms with Crippen LogP contribution in [0.2, 0.25) is 0 Å². The van der Waals surface area contributed by atoms with Gasteiger partial charge < -0.3 is 35.7 Å². The monoisotopic (exact) mass is 360 g/mol. The average molecular weight is 360 g/mol. The molecule has 1 unspecified atom stereocenters. The van der Waals surface area contributed by atoms with E-state index in [4.69, 9.17) is 20.7 Å². The van der Waals surface area contributed by atoms with E-state index in [0.29, 0.717) is 25.2 Å². The van der Waals surface area contributed by atoms with Crippen LogP contribution in [0.5, 0.6) is 0 Å². The largest absolute Gasteiger partial charge is 0.394 e. The number of aromatic nitrogens is 4. The van der Waals surface area contributed by atoms with Crippen molar-refractivity contribution in [3.05, 3.63) is 16.7 Å². The molecule has 0 saturated heterocycles. The van der Waals surface area contributed by atoms with Crippen LogP contribution in [-0.4, -0.2) is 76.9 Å². The number of methoxy groups -OCH3 is 2. The molecule has 2 aromatic rings. The molecule has 0 spiro atoms. The van der Waals surface area contributed by atoms with Gasteiger partial charge in [0.25, 0.3) is 5.56 Å². The number of hydrogen-bond acceptors (Lipinski definition) is 9. The molecule has 11 nitrogen and oxygen atoms in total. The molecule has 2 heterocycles. The van der Waals surface area contributed by atoms with Gasteiger partial charge in [0, 0.05) is 20.8 Å². The quantitative estimate of drug-likeness (QED) is 0.385. The van der Waals surface area contributed by atoms with E-state index < -0.39 is 0 Å². The van der Waals surface area contributed by atoms with Crippen LogP contribution in [0.1, 0.15) is 6.42 Å². The number of imidazole rings is 1. The van der Waals surface area contributed by atoms with Gasteiger partial charge in [0.05, 0.1) is 32.3 Å².